The van der Waals surface area contributed by atoms with E-state index in [1.807, 2.05) is 44.2 Å². The minimum absolute atomic E-state index is 0.235. The standard InChI is InChI=1S/C22H33N3O5/c1-14(2)12-16(23)19(26)21(28)25-11-7-10-18(25)20(27)24-17(22(29)30-3)13-15-8-5-4-6-9-15/h4-6,8-9,14,16-19,26H,7,10-13,23H2,1-3H3,(H,24,27)/t16-,17+,18+,19+/m1/s1. The Morgan fingerprint density at radius 1 is 1.27 bits per heavy atom. The molecule has 0 unspecified atom stereocenters. The van der Waals surface area contributed by atoms with E-state index in [-0.39, 0.29) is 12.3 Å². The van der Waals surface area contributed by atoms with E-state index < -0.39 is 42.0 Å². The summed E-state index contributed by atoms with van der Waals surface area (Å²) in [5.74, 6) is -1.30. The molecule has 1 aromatic carbocycles. The number of benzene rings is 1. The smallest absolute Gasteiger partial charge is 0.328 e. The highest BCUT2D eigenvalue weighted by atomic mass is 16.5. The highest BCUT2D eigenvalue weighted by Gasteiger charge is 2.39. The maximum Gasteiger partial charge on any atom is 0.328 e. The van der Waals surface area contributed by atoms with Crippen LogP contribution < -0.4 is 11.1 Å². The second-order valence-electron chi connectivity index (χ2n) is 8.20. The SMILES string of the molecule is COC(=O)[C@H](Cc1ccccc1)NC(=O)[C@@H]1CCCN1C(=O)[C@@H](O)[C@H](N)CC(C)C. The van der Waals surface area contributed by atoms with E-state index in [4.69, 9.17) is 10.5 Å². The van der Waals surface area contributed by atoms with Crippen molar-refractivity contribution in [3.63, 3.8) is 0 Å². The molecule has 0 aromatic heterocycles. The molecule has 1 fully saturated rings. The minimum atomic E-state index is -1.36. The number of carbonyl (C=O) groups is 3. The molecule has 8 nitrogen and oxygen atoms in total. The Morgan fingerprint density at radius 3 is 2.53 bits per heavy atom. The van der Waals surface area contributed by atoms with Gasteiger partial charge in [0.2, 0.25) is 5.91 Å². The van der Waals surface area contributed by atoms with Crippen LogP contribution in [0.2, 0.25) is 0 Å². The molecule has 0 spiro atoms. The van der Waals surface area contributed by atoms with Crippen LogP contribution in [0.15, 0.2) is 30.3 Å². The van der Waals surface area contributed by atoms with E-state index in [1.54, 1.807) is 0 Å². The molecule has 1 saturated heterocycles. The first-order valence-corrected chi connectivity index (χ1v) is 10.4. The maximum absolute atomic E-state index is 12.9. The van der Waals surface area contributed by atoms with Crippen molar-refractivity contribution < 1.29 is 24.2 Å². The third kappa shape index (κ3) is 6.27. The van der Waals surface area contributed by atoms with Crippen molar-refractivity contribution in [3.05, 3.63) is 35.9 Å². The molecule has 8 heteroatoms. The van der Waals surface area contributed by atoms with E-state index in [2.05, 4.69) is 5.32 Å². The normalized spacial score (nSPS) is 19.3. The van der Waals surface area contributed by atoms with Crippen molar-refractivity contribution in [2.75, 3.05) is 13.7 Å². The van der Waals surface area contributed by atoms with Crippen molar-refractivity contribution in [3.8, 4) is 0 Å². The van der Waals surface area contributed by atoms with Crippen molar-refractivity contribution in [1.29, 1.82) is 0 Å². The summed E-state index contributed by atoms with van der Waals surface area (Å²) in [6, 6.07) is 6.99. The molecule has 2 amide bonds. The van der Waals surface area contributed by atoms with E-state index >= 15 is 0 Å². The Balaban J connectivity index is 2.07. The van der Waals surface area contributed by atoms with E-state index in [9.17, 15) is 19.5 Å². The molecule has 2 rings (SSSR count). The first-order valence-electron chi connectivity index (χ1n) is 10.4. The van der Waals surface area contributed by atoms with Crippen molar-refractivity contribution in [2.24, 2.45) is 11.7 Å². The zero-order valence-electron chi connectivity index (χ0n) is 17.9. The van der Waals surface area contributed by atoms with Gasteiger partial charge in [-0.3, -0.25) is 9.59 Å². The first-order chi connectivity index (χ1) is 14.2. The van der Waals surface area contributed by atoms with Gasteiger partial charge in [0.1, 0.15) is 18.2 Å². The van der Waals surface area contributed by atoms with E-state index in [0.29, 0.717) is 25.8 Å². The number of esters is 1. The van der Waals surface area contributed by atoms with Gasteiger partial charge >= 0.3 is 5.97 Å². The molecule has 0 radical (unpaired) electrons. The fourth-order valence-electron chi connectivity index (χ4n) is 3.78. The molecule has 0 saturated carbocycles. The van der Waals surface area contributed by atoms with Gasteiger partial charge in [-0.15, -0.1) is 0 Å². The van der Waals surface area contributed by atoms with Gasteiger partial charge in [0.25, 0.3) is 5.91 Å². The fraction of sp³-hybridized carbons (Fsp3) is 0.591. The van der Waals surface area contributed by atoms with Crippen LogP contribution in [0.25, 0.3) is 0 Å². The van der Waals surface area contributed by atoms with Crippen molar-refractivity contribution in [1.82, 2.24) is 10.2 Å². The second-order valence-corrected chi connectivity index (χ2v) is 8.20. The molecule has 30 heavy (non-hydrogen) atoms. The predicted octanol–water partition coefficient (Wildman–Crippen LogP) is 0.612. The second kappa shape index (κ2) is 11.1. The highest BCUT2D eigenvalue weighted by Crippen LogP contribution is 2.20. The molecule has 4 atom stereocenters. The third-order valence-corrected chi connectivity index (χ3v) is 5.33. The zero-order valence-corrected chi connectivity index (χ0v) is 17.9. The lowest BCUT2D eigenvalue weighted by Crippen LogP contribution is -2.55. The number of nitrogens with two attached hydrogens (primary N) is 1. The van der Waals surface area contributed by atoms with Crippen molar-refractivity contribution >= 4 is 17.8 Å². The Kier molecular flexibility index (Phi) is 8.80. The summed E-state index contributed by atoms with van der Waals surface area (Å²) in [5, 5.41) is 13.1. The molecule has 1 aromatic rings. The molecular weight excluding hydrogens is 386 g/mol. The van der Waals surface area contributed by atoms with Crippen LogP contribution in [0.1, 0.15) is 38.7 Å². The van der Waals surface area contributed by atoms with Gasteiger partial charge in [0, 0.05) is 19.0 Å². The topological polar surface area (TPSA) is 122 Å². The molecule has 1 heterocycles. The van der Waals surface area contributed by atoms with Crippen molar-refractivity contribution in [2.45, 2.75) is 63.8 Å². The maximum atomic E-state index is 12.9. The number of aliphatic hydroxyl groups is 1. The van der Waals surface area contributed by atoms with Gasteiger partial charge in [-0.05, 0) is 30.7 Å². The van der Waals surface area contributed by atoms with Crippen LogP contribution in [-0.2, 0) is 25.5 Å². The summed E-state index contributed by atoms with van der Waals surface area (Å²) in [6.45, 7) is 4.29. The number of aliphatic hydroxyl groups excluding tert-OH is 1. The van der Waals surface area contributed by atoms with Crippen LogP contribution in [0, 0.1) is 5.92 Å². The Hall–Kier alpha value is -2.45. The van der Waals surface area contributed by atoms with Gasteiger partial charge in [0.05, 0.1) is 7.11 Å². The molecule has 1 aliphatic heterocycles. The summed E-state index contributed by atoms with van der Waals surface area (Å²) in [4.78, 5) is 39.3. The van der Waals surface area contributed by atoms with Gasteiger partial charge < -0.3 is 25.8 Å². The number of hydrogen-bond acceptors (Lipinski definition) is 6. The molecule has 1 aliphatic rings. The summed E-state index contributed by atoms with van der Waals surface area (Å²) in [5.41, 5.74) is 6.85. The quantitative estimate of drug-likeness (QED) is 0.504. The highest BCUT2D eigenvalue weighted by molar-refractivity contribution is 5.92. The Bertz CT molecular complexity index is 725. The number of methoxy groups -OCH3 is 1. The molecule has 0 bridgehead atoms. The Morgan fingerprint density at radius 2 is 1.93 bits per heavy atom. The monoisotopic (exact) mass is 419 g/mol. The van der Waals surface area contributed by atoms with Crippen LogP contribution in [-0.4, -0.2) is 65.7 Å². The third-order valence-electron chi connectivity index (χ3n) is 5.33. The average molecular weight is 420 g/mol. The van der Waals surface area contributed by atoms with Gasteiger partial charge in [0.15, 0.2) is 0 Å². The number of carbonyl (C=O) groups excluding carboxylic acids is 3. The molecular formula is C22H33N3O5. The lowest BCUT2D eigenvalue weighted by atomic mass is 9.99. The molecule has 4 N–H and O–H groups in total. The number of nitrogens with one attached hydrogen (secondary N) is 1. The number of ether oxygens (including phenoxy) is 1. The first kappa shape index (κ1) is 23.8. The van der Waals surface area contributed by atoms with Crippen LogP contribution in [0.5, 0.6) is 0 Å². The summed E-state index contributed by atoms with van der Waals surface area (Å²) in [7, 11) is 1.27. The van der Waals surface area contributed by atoms with E-state index in [1.165, 1.54) is 12.0 Å². The van der Waals surface area contributed by atoms with Gasteiger partial charge in [-0.25, -0.2) is 4.79 Å². The number of hydrogen-bond donors (Lipinski definition) is 3. The molecule has 166 valence electrons. The largest absolute Gasteiger partial charge is 0.467 e. The van der Waals surface area contributed by atoms with Crippen LogP contribution in [0.4, 0.5) is 0 Å². The minimum Gasteiger partial charge on any atom is -0.467 e. The summed E-state index contributed by atoms with van der Waals surface area (Å²) in [6.07, 6.45) is 0.517. The number of nitrogens with zero attached hydrogens (tertiary/aromatic N) is 1. The van der Waals surface area contributed by atoms with Crippen LogP contribution in [0.3, 0.4) is 0 Å². The van der Waals surface area contributed by atoms with E-state index in [0.717, 1.165) is 5.56 Å². The van der Waals surface area contributed by atoms with Crippen LogP contribution >= 0.6 is 0 Å². The molecule has 0 aliphatic carbocycles. The zero-order chi connectivity index (χ0) is 22.3. The number of amides is 2. The lowest BCUT2D eigenvalue weighted by molar-refractivity contribution is -0.148. The van der Waals surface area contributed by atoms with Gasteiger partial charge in [-0.2, -0.15) is 0 Å². The predicted molar refractivity (Wildman–Crippen MR) is 112 cm³/mol. The number of rotatable bonds is 9. The fourth-order valence-corrected chi connectivity index (χ4v) is 3.78. The summed E-state index contributed by atoms with van der Waals surface area (Å²) < 4.78 is 4.84. The number of likely N-dealkylation sites (tertiary alicyclic amines) is 1. The average Bonchev–Trinajstić information content (AvgIpc) is 3.21. The summed E-state index contributed by atoms with van der Waals surface area (Å²) >= 11 is 0. The van der Waals surface area contributed by atoms with Gasteiger partial charge in [-0.1, -0.05) is 44.2 Å². The Labute approximate surface area is 177 Å². The lowest BCUT2D eigenvalue weighted by Gasteiger charge is -2.29.